The topological polar surface area (TPSA) is 169 Å². The van der Waals surface area contributed by atoms with Crippen molar-refractivity contribution in [2.75, 3.05) is 77.8 Å². The SMILES string of the molecule is O=C(CNC(=O)c1cccc(NC2=NCCCN2)c1)NC(CC(=O)OCCOCCOCCOCCO)c1cc(Cl)cc(Cl)c1. The number of rotatable bonds is 19. The molecule has 45 heavy (non-hydrogen) atoms. The van der Waals surface area contributed by atoms with Crippen molar-refractivity contribution >= 4 is 52.6 Å². The molecule has 0 aromatic heterocycles. The summed E-state index contributed by atoms with van der Waals surface area (Å²) >= 11 is 12.3. The van der Waals surface area contributed by atoms with Gasteiger partial charge in [0, 0.05) is 34.4 Å². The summed E-state index contributed by atoms with van der Waals surface area (Å²) in [5, 5.41) is 21.0. The summed E-state index contributed by atoms with van der Waals surface area (Å²) in [5.74, 6) is -0.923. The third kappa shape index (κ3) is 14.5. The zero-order valence-electron chi connectivity index (χ0n) is 24.8. The number of halogens is 2. The predicted molar refractivity (Wildman–Crippen MR) is 170 cm³/mol. The van der Waals surface area contributed by atoms with E-state index in [-0.39, 0.29) is 39.4 Å². The van der Waals surface area contributed by atoms with Gasteiger partial charge in [-0.3, -0.25) is 19.4 Å². The first kappa shape index (κ1) is 36.0. The Morgan fingerprint density at radius 3 is 2.29 bits per heavy atom. The van der Waals surface area contributed by atoms with Crippen LogP contribution in [0.3, 0.4) is 0 Å². The van der Waals surface area contributed by atoms with Gasteiger partial charge in [-0.1, -0.05) is 29.3 Å². The minimum atomic E-state index is -0.822. The molecule has 2 aromatic rings. The average Bonchev–Trinajstić information content (AvgIpc) is 3.02. The summed E-state index contributed by atoms with van der Waals surface area (Å²) in [6.07, 6.45) is 0.748. The van der Waals surface area contributed by atoms with Crippen molar-refractivity contribution in [3.05, 3.63) is 63.6 Å². The molecule has 0 radical (unpaired) electrons. The van der Waals surface area contributed by atoms with Gasteiger partial charge in [0.25, 0.3) is 5.91 Å². The van der Waals surface area contributed by atoms with Crippen LogP contribution in [0.2, 0.25) is 10.0 Å². The van der Waals surface area contributed by atoms with Crippen molar-refractivity contribution in [1.29, 1.82) is 0 Å². The Balaban J connectivity index is 1.46. The van der Waals surface area contributed by atoms with Gasteiger partial charge in [-0.25, -0.2) is 0 Å². The van der Waals surface area contributed by atoms with Crippen LogP contribution in [0.5, 0.6) is 0 Å². The van der Waals surface area contributed by atoms with E-state index in [1.165, 1.54) is 6.07 Å². The predicted octanol–water partition coefficient (Wildman–Crippen LogP) is 2.32. The lowest BCUT2D eigenvalue weighted by Crippen LogP contribution is -2.39. The molecule has 1 atom stereocenters. The smallest absolute Gasteiger partial charge is 0.308 e. The van der Waals surface area contributed by atoms with Gasteiger partial charge in [0.15, 0.2) is 5.96 Å². The zero-order chi connectivity index (χ0) is 32.3. The number of guanidine groups is 1. The van der Waals surface area contributed by atoms with Gasteiger partial charge in [-0.2, -0.15) is 0 Å². The van der Waals surface area contributed by atoms with Gasteiger partial charge in [-0.15, -0.1) is 0 Å². The van der Waals surface area contributed by atoms with E-state index in [1.807, 2.05) is 6.07 Å². The highest BCUT2D eigenvalue weighted by molar-refractivity contribution is 6.34. The second kappa shape index (κ2) is 20.5. The number of hydrogen-bond donors (Lipinski definition) is 5. The lowest BCUT2D eigenvalue weighted by molar-refractivity contribution is -0.146. The number of ether oxygens (including phenoxy) is 4. The molecular formula is C30H39Cl2N5O8. The number of nitrogens with one attached hydrogen (secondary N) is 4. The van der Waals surface area contributed by atoms with Gasteiger partial charge in [0.05, 0.1) is 65.3 Å². The fourth-order valence-electron chi connectivity index (χ4n) is 4.07. The van der Waals surface area contributed by atoms with E-state index in [1.54, 1.807) is 30.3 Å². The van der Waals surface area contributed by atoms with Crippen molar-refractivity contribution in [3.8, 4) is 0 Å². The number of hydrogen-bond acceptors (Lipinski definition) is 11. The molecule has 0 fully saturated rings. The Labute approximate surface area is 271 Å². The molecule has 3 rings (SSSR count). The molecule has 0 saturated heterocycles. The van der Waals surface area contributed by atoms with Crippen molar-refractivity contribution in [3.63, 3.8) is 0 Å². The first-order valence-corrected chi connectivity index (χ1v) is 15.3. The number of aliphatic imine (C=N–C) groups is 1. The quantitative estimate of drug-likeness (QED) is 0.111. The summed E-state index contributed by atoms with van der Waals surface area (Å²) in [5.41, 5.74) is 1.53. The van der Waals surface area contributed by atoms with Crippen LogP contribution in [0.25, 0.3) is 0 Å². The maximum absolute atomic E-state index is 12.9. The molecule has 0 saturated carbocycles. The summed E-state index contributed by atoms with van der Waals surface area (Å²) < 4.78 is 21.1. The standard InChI is InChI=1S/C30H39Cl2N5O8/c31-23-15-22(16-24(32)18-23)26(19-28(40)45-14-13-44-12-11-43-10-9-42-8-7-38)37-27(39)20-35-29(41)21-3-1-4-25(17-21)36-30-33-5-2-6-34-30/h1,3-4,15-18,26,38H,2,5-14,19-20H2,(H,35,41)(H,37,39)(H2,33,34,36). The highest BCUT2D eigenvalue weighted by Crippen LogP contribution is 2.26. The first-order valence-electron chi connectivity index (χ1n) is 14.5. The first-order chi connectivity index (χ1) is 21.8. The van der Waals surface area contributed by atoms with E-state index in [4.69, 9.17) is 47.3 Å². The van der Waals surface area contributed by atoms with Crippen molar-refractivity contribution in [1.82, 2.24) is 16.0 Å². The molecular weight excluding hydrogens is 629 g/mol. The minimum Gasteiger partial charge on any atom is -0.463 e. The van der Waals surface area contributed by atoms with Crippen LogP contribution in [0.1, 0.15) is 34.8 Å². The van der Waals surface area contributed by atoms with E-state index >= 15 is 0 Å². The van der Waals surface area contributed by atoms with Crippen LogP contribution < -0.4 is 21.3 Å². The van der Waals surface area contributed by atoms with E-state index < -0.39 is 23.8 Å². The Kier molecular flexibility index (Phi) is 16.4. The van der Waals surface area contributed by atoms with Crippen molar-refractivity contribution in [2.24, 2.45) is 4.99 Å². The van der Waals surface area contributed by atoms with E-state index in [0.29, 0.717) is 59.2 Å². The highest BCUT2D eigenvalue weighted by Gasteiger charge is 2.21. The summed E-state index contributed by atoms with van der Waals surface area (Å²) in [4.78, 5) is 42.6. The maximum Gasteiger partial charge on any atom is 0.308 e. The lowest BCUT2D eigenvalue weighted by atomic mass is 10.0. The number of benzene rings is 2. The summed E-state index contributed by atoms with van der Waals surface area (Å²) in [7, 11) is 0. The maximum atomic E-state index is 12.9. The third-order valence-corrected chi connectivity index (χ3v) is 6.59. The fraction of sp³-hybridized carbons (Fsp3) is 0.467. The molecule has 15 heteroatoms. The Morgan fingerprint density at radius 1 is 0.933 bits per heavy atom. The summed E-state index contributed by atoms with van der Waals surface area (Å²) in [6.45, 7) is 2.98. The van der Waals surface area contributed by atoms with Gasteiger partial charge < -0.3 is 45.3 Å². The number of esters is 1. The molecule has 1 aliphatic rings. The van der Waals surface area contributed by atoms with Crippen molar-refractivity contribution < 1.29 is 38.4 Å². The monoisotopic (exact) mass is 667 g/mol. The number of carbonyl (C=O) groups is 3. The zero-order valence-corrected chi connectivity index (χ0v) is 26.3. The van der Waals surface area contributed by atoms with Crippen LogP contribution in [-0.4, -0.2) is 101 Å². The van der Waals surface area contributed by atoms with E-state index in [2.05, 4.69) is 26.3 Å². The summed E-state index contributed by atoms with van der Waals surface area (Å²) in [6, 6.07) is 10.7. The largest absolute Gasteiger partial charge is 0.463 e. The number of anilines is 1. The third-order valence-electron chi connectivity index (χ3n) is 6.16. The number of amides is 2. The Hall–Kier alpha value is -3.46. The number of aliphatic hydroxyl groups excluding tert-OH is 1. The number of aliphatic hydroxyl groups is 1. The normalized spacial score (nSPS) is 13.3. The Morgan fingerprint density at radius 2 is 1.62 bits per heavy atom. The minimum absolute atomic E-state index is 0.00278. The molecule has 246 valence electrons. The molecule has 0 spiro atoms. The molecule has 1 heterocycles. The fourth-order valence-corrected chi connectivity index (χ4v) is 4.62. The number of nitrogens with zero attached hydrogens (tertiary/aromatic N) is 1. The van der Waals surface area contributed by atoms with Gasteiger partial charge >= 0.3 is 5.97 Å². The molecule has 13 nitrogen and oxygen atoms in total. The highest BCUT2D eigenvalue weighted by atomic mass is 35.5. The van der Waals surface area contributed by atoms with Crippen LogP contribution in [0, 0.1) is 0 Å². The average molecular weight is 669 g/mol. The van der Waals surface area contributed by atoms with Gasteiger partial charge in [-0.05, 0) is 48.4 Å². The molecule has 1 aliphatic heterocycles. The van der Waals surface area contributed by atoms with Crippen LogP contribution in [0.4, 0.5) is 5.69 Å². The van der Waals surface area contributed by atoms with Crippen LogP contribution in [0.15, 0.2) is 47.5 Å². The number of carbonyl (C=O) groups excluding carboxylic acids is 3. The van der Waals surface area contributed by atoms with E-state index in [9.17, 15) is 14.4 Å². The van der Waals surface area contributed by atoms with Gasteiger partial charge in [0.2, 0.25) is 5.91 Å². The lowest BCUT2D eigenvalue weighted by Gasteiger charge is -2.20. The van der Waals surface area contributed by atoms with Crippen LogP contribution >= 0.6 is 23.2 Å². The second-order valence-corrected chi connectivity index (χ2v) is 10.6. The van der Waals surface area contributed by atoms with Crippen LogP contribution in [-0.2, 0) is 28.5 Å². The Bertz CT molecular complexity index is 1260. The molecule has 2 aromatic carbocycles. The van der Waals surface area contributed by atoms with Crippen molar-refractivity contribution in [2.45, 2.75) is 18.9 Å². The molecule has 2 amide bonds. The molecule has 5 N–H and O–H groups in total. The molecule has 0 aliphatic carbocycles. The van der Waals surface area contributed by atoms with E-state index in [0.717, 1.165) is 19.5 Å². The second-order valence-electron chi connectivity index (χ2n) is 9.71. The van der Waals surface area contributed by atoms with Gasteiger partial charge in [0.1, 0.15) is 6.61 Å². The molecule has 1 unspecified atom stereocenters. The molecule has 0 bridgehead atoms.